The van der Waals surface area contributed by atoms with Crippen molar-refractivity contribution in [2.45, 2.75) is 0 Å². The first-order valence-corrected chi connectivity index (χ1v) is 3.69. The van der Waals surface area contributed by atoms with Crippen LogP contribution in [0.1, 0.15) is 0 Å². The van der Waals surface area contributed by atoms with E-state index >= 15 is 0 Å². The van der Waals surface area contributed by atoms with Crippen molar-refractivity contribution in [1.82, 2.24) is 4.72 Å². The van der Waals surface area contributed by atoms with Crippen LogP contribution in [-0.2, 0) is 0 Å². The summed E-state index contributed by atoms with van der Waals surface area (Å²) in [6.07, 6.45) is 2.01. The molecule has 0 aromatic carbocycles. The molecule has 0 radical (unpaired) electrons. The predicted molar refractivity (Wildman–Crippen MR) is 39.6 cm³/mol. The van der Waals surface area contributed by atoms with E-state index in [2.05, 4.69) is 4.72 Å². The SMILES string of the molecule is C1=CSNC=S=C1. The fraction of sp³-hybridized carbons (Fsp3) is 0. The lowest BCUT2D eigenvalue weighted by molar-refractivity contribution is 1.68. The maximum absolute atomic E-state index is 2.98. The molecule has 1 N–H and O–H groups in total. The van der Waals surface area contributed by atoms with Gasteiger partial charge in [0.05, 0.1) is 0 Å². The van der Waals surface area contributed by atoms with Gasteiger partial charge in [-0.05, 0) is 28.8 Å². The van der Waals surface area contributed by atoms with Crippen molar-refractivity contribution in [1.29, 1.82) is 0 Å². The summed E-state index contributed by atoms with van der Waals surface area (Å²) in [6, 6.07) is 0. The molecule has 1 heterocycles. The smallest absolute Gasteiger partial charge is 0.0410 e. The molecular formula is C4H5NS2. The van der Waals surface area contributed by atoms with Gasteiger partial charge in [-0.1, -0.05) is 0 Å². The molecular weight excluding hydrogens is 126 g/mol. The van der Waals surface area contributed by atoms with Crippen LogP contribution in [0.15, 0.2) is 11.5 Å². The second kappa shape index (κ2) is 3.07. The monoisotopic (exact) mass is 131 g/mol. The molecule has 0 fully saturated rings. The molecule has 0 spiro atoms. The van der Waals surface area contributed by atoms with E-state index in [9.17, 15) is 0 Å². The molecule has 0 aliphatic carbocycles. The second-order valence-electron chi connectivity index (χ2n) is 0.954. The standard InChI is InChI=1S/C4H5NS2/c1-2-6-4-5-7-3-1/h1-5H. The molecule has 38 valence electrons. The predicted octanol–water partition coefficient (Wildman–Crippen LogP) is 1.05. The van der Waals surface area contributed by atoms with Crippen LogP contribution in [0.25, 0.3) is 0 Å². The van der Waals surface area contributed by atoms with Gasteiger partial charge < -0.3 is 0 Å². The van der Waals surface area contributed by atoms with Crippen molar-refractivity contribution in [2.75, 3.05) is 0 Å². The van der Waals surface area contributed by atoms with Gasteiger partial charge >= 0.3 is 0 Å². The van der Waals surface area contributed by atoms with Crippen molar-refractivity contribution >= 4 is 33.7 Å². The highest BCUT2D eigenvalue weighted by atomic mass is 32.2. The molecule has 0 saturated carbocycles. The van der Waals surface area contributed by atoms with E-state index in [1.807, 2.05) is 22.3 Å². The Hall–Kier alpha value is 0.01000. The van der Waals surface area contributed by atoms with Crippen LogP contribution in [-0.4, -0.2) is 10.9 Å². The second-order valence-corrected chi connectivity index (χ2v) is 2.48. The molecule has 1 aliphatic rings. The highest BCUT2D eigenvalue weighted by Crippen LogP contribution is 1.93. The minimum atomic E-state index is 1.58. The topological polar surface area (TPSA) is 12.0 Å². The summed E-state index contributed by atoms with van der Waals surface area (Å²) in [7, 11) is 1.65. The average molecular weight is 131 g/mol. The zero-order chi connectivity index (χ0) is 4.95. The molecule has 1 aliphatic heterocycles. The molecule has 0 saturated heterocycles. The summed E-state index contributed by atoms with van der Waals surface area (Å²) in [4.78, 5) is 0. The lowest BCUT2D eigenvalue weighted by Gasteiger charge is -1.80. The third-order valence-corrected chi connectivity index (χ3v) is 1.75. The van der Waals surface area contributed by atoms with Gasteiger partial charge in [-0.3, -0.25) is 0 Å². The van der Waals surface area contributed by atoms with Crippen LogP contribution < -0.4 is 4.72 Å². The van der Waals surface area contributed by atoms with Gasteiger partial charge in [0.2, 0.25) is 0 Å². The Morgan fingerprint density at radius 2 is 2.43 bits per heavy atom. The van der Waals surface area contributed by atoms with Crippen molar-refractivity contribution in [3.8, 4) is 0 Å². The summed E-state index contributed by atoms with van der Waals surface area (Å²) >= 11 is 1.58. The minimum absolute atomic E-state index is 1.58. The largest absolute Gasteiger partial charge is 0.227 e. The van der Waals surface area contributed by atoms with Gasteiger partial charge in [0, 0.05) is 5.49 Å². The maximum Gasteiger partial charge on any atom is 0.0410 e. The quantitative estimate of drug-likeness (QED) is 0.389. The first kappa shape index (κ1) is 5.15. The molecule has 1 rings (SSSR count). The summed E-state index contributed by atoms with van der Waals surface area (Å²) < 4.78 is 2.98. The van der Waals surface area contributed by atoms with Crippen LogP contribution in [0.5, 0.6) is 0 Å². The third kappa shape index (κ3) is 1.97. The molecule has 0 amide bonds. The van der Waals surface area contributed by atoms with E-state index in [0.29, 0.717) is 0 Å². The van der Waals surface area contributed by atoms with Gasteiger partial charge in [-0.25, -0.2) is 4.72 Å². The van der Waals surface area contributed by atoms with E-state index in [1.165, 1.54) is 0 Å². The minimum Gasteiger partial charge on any atom is -0.227 e. The Bertz CT molecular complexity index is 133. The van der Waals surface area contributed by atoms with Gasteiger partial charge in [-0.15, -0.1) is 10.9 Å². The van der Waals surface area contributed by atoms with Crippen LogP contribution >= 0.6 is 22.9 Å². The van der Waals surface area contributed by atoms with Crippen LogP contribution in [0, 0.1) is 0 Å². The molecule has 3 heteroatoms. The number of allylic oxidation sites excluding steroid dienone is 1. The van der Waals surface area contributed by atoms with E-state index in [1.54, 1.807) is 22.9 Å². The summed E-state index contributed by atoms with van der Waals surface area (Å²) in [6.45, 7) is 0. The van der Waals surface area contributed by atoms with Crippen molar-refractivity contribution in [3.63, 3.8) is 0 Å². The Morgan fingerprint density at radius 1 is 1.43 bits per heavy atom. The van der Waals surface area contributed by atoms with Crippen LogP contribution in [0.3, 0.4) is 0 Å². The summed E-state index contributed by atoms with van der Waals surface area (Å²) in [5.41, 5.74) is 1.94. The summed E-state index contributed by atoms with van der Waals surface area (Å²) in [5, 5.41) is 4.02. The lowest BCUT2D eigenvalue weighted by Crippen LogP contribution is -1.91. The fourth-order valence-electron chi connectivity index (χ4n) is 0.251. The first-order valence-electron chi connectivity index (χ1n) is 1.87. The van der Waals surface area contributed by atoms with Crippen LogP contribution in [0.2, 0.25) is 0 Å². The number of hydrogen-bond donors (Lipinski definition) is 1. The highest BCUT2D eigenvalue weighted by Gasteiger charge is 1.72. The molecule has 0 unspecified atom stereocenters. The number of nitrogens with one attached hydrogen (secondary N) is 1. The Morgan fingerprint density at radius 3 is 3.43 bits per heavy atom. The average Bonchev–Trinajstić information content (AvgIpc) is 1.90. The van der Waals surface area contributed by atoms with Gasteiger partial charge in [0.1, 0.15) is 0 Å². The molecule has 0 atom stereocenters. The molecule has 0 aromatic rings. The Labute approximate surface area is 50.5 Å². The first-order chi connectivity index (χ1) is 3.50. The van der Waals surface area contributed by atoms with Crippen LogP contribution in [0.4, 0.5) is 0 Å². The van der Waals surface area contributed by atoms with Gasteiger partial charge in [-0.2, -0.15) is 0 Å². The number of rotatable bonds is 0. The van der Waals surface area contributed by atoms with E-state index < -0.39 is 0 Å². The molecule has 7 heavy (non-hydrogen) atoms. The zero-order valence-corrected chi connectivity index (χ0v) is 5.26. The summed E-state index contributed by atoms with van der Waals surface area (Å²) in [5.74, 6) is 0. The van der Waals surface area contributed by atoms with E-state index in [4.69, 9.17) is 0 Å². The Kier molecular flexibility index (Phi) is 2.26. The van der Waals surface area contributed by atoms with Crippen molar-refractivity contribution in [2.24, 2.45) is 0 Å². The Balaban J connectivity index is 2.65. The molecule has 1 nitrogen and oxygen atoms in total. The van der Waals surface area contributed by atoms with Crippen molar-refractivity contribution in [3.05, 3.63) is 11.5 Å². The van der Waals surface area contributed by atoms with Gasteiger partial charge in [0.25, 0.3) is 0 Å². The highest BCUT2D eigenvalue weighted by molar-refractivity contribution is 8.03. The maximum atomic E-state index is 2.98. The zero-order valence-electron chi connectivity index (χ0n) is 3.63. The normalized spacial score (nSPS) is 18.3. The molecule has 0 aromatic heterocycles. The fourth-order valence-corrected chi connectivity index (χ4v) is 1.28. The van der Waals surface area contributed by atoms with E-state index in [-0.39, 0.29) is 0 Å². The van der Waals surface area contributed by atoms with Gasteiger partial charge in [0.15, 0.2) is 0 Å². The third-order valence-electron chi connectivity index (χ3n) is 0.488. The van der Waals surface area contributed by atoms with Crippen molar-refractivity contribution < 1.29 is 0 Å². The molecule has 0 bridgehead atoms. The van der Waals surface area contributed by atoms with E-state index in [0.717, 1.165) is 0 Å². The number of hydrogen-bond acceptors (Lipinski definition) is 2. The lowest BCUT2D eigenvalue weighted by atomic mass is 10.8.